The van der Waals surface area contributed by atoms with Crippen LogP contribution in [0.2, 0.25) is 0 Å². The van der Waals surface area contributed by atoms with E-state index in [0.717, 1.165) is 38.0 Å². The minimum atomic E-state index is -0.681. The third kappa shape index (κ3) is 5.21. The number of benzene rings is 1. The highest BCUT2D eigenvalue weighted by molar-refractivity contribution is 5.66. The second kappa shape index (κ2) is 9.23. The maximum Gasteiger partial charge on any atom is 0.303 e. The van der Waals surface area contributed by atoms with Gasteiger partial charge in [0.15, 0.2) is 0 Å². The first-order valence-corrected chi connectivity index (χ1v) is 9.79. The van der Waals surface area contributed by atoms with Gasteiger partial charge in [-0.05, 0) is 56.1 Å². The van der Waals surface area contributed by atoms with Crippen molar-refractivity contribution in [3.05, 3.63) is 30.3 Å². The molecule has 0 amide bonds. The van der Waals surface area contributed by atoms with E-state index in [0.29, 0.717) is 30.5 Å². The van der Waals surface area contributed by atoms with Gasteiger partial charge in [-0.25, -0.2) is 0 Å². The number of aliphatic carboxylic acids is 1. The topological polar surface area (TPSA) is 55.8 Å². The zero-order valence-electron chi connectivity index (χ0n) is 14.9. The molecule has 1 N–H and O–H groups in total. The summed E-state index contributed by atoms with van der Waals surface area (Å²) in [6.45, 7) is 0.760. The molecular weight excluding hydrogens is 316 g/mol. The molecule has 0 saturated carbocycles. The summed E-state index contributed by atoms with van der Waals surface area (Å²) in [6, 6.07) is 10.0. The van der Waals surface area contributed by atoms with E-state index in [-0.39, 0.29) is 0 Å². The number of carboxylic acids is 1. The molecule has 2 bridgehead atoms. The summed E-state index contributed by atoms with van der Waals surface area (Å²) in [7, 11) is 0. The molecule has 138 valence electrons. The third-order valence-electron chi connectivity index (χ3n) is 5.73. The Kier molecular flexibility index (Phi) is 6.74. The molecule has 0 spiro atoms. The van der Waals surface area contributed by atoms with Crippen molar-refractivity contribution in [2.75, 3.05) is 6.61 Å². The molecule has 3 rings (SSSR count). The molecule has 1 aromatic carbocycles. The highest BCUT2D eigenvalue weighted by Gasteiger charge is 2.47. The van der Waals surface area contributed by atoms with Crippen molar-refractivity contribution in [2.45, 2.75) is 70.0 Å². The summed E-state index contributed by atoms with van der Waals surface area (Å²) in [5, 5.41) is 8.69. The molecule has 0 aliphatic carbocycles. The smallest absolute Gasteiger partial charge is 0.303 e. The lowest BCUT2D eigenvalue weighted by molar-refractivity contribution is -0.137. The van der Waals surface area contributed by atoms with Crippen LogP contribution in [0.5, 0.6) is 5.75 Å². The van der Waals surface area contributed by atoms with E-state index in [2.05, 4.69) is 0 Å². The number of ether oxygens (including phenoxy) is 2. The van der Waals surface area contributed by atoms with Gasteiger partial charge in [0, 0.05) is 6.42 Å². The summed E-state index contributed by atoms with van der Waals surface area (Å²) in [6.07, 6.45) is 10.0. The largest absolute Gasteiger partial charge is 0.494 e. The fourth-order valence-corrected chi connectivity index (χ4v) is 4.51. The van der Waals surface area contributed by atoms with Crippen molar-refractivity contribution in [3.8, 4) is 5.75 Å². The van der Waals surface area contributed by atoms with Gasteiger partial charge >= 0.3 is 5.97 Å². The predicted octanol–water partition coefficient (Wildman–Crippen LogP) is 4.67. The van der Waals surface area contributed by atoms with E-state index in [1.165, 1.54) is 25.7 Å². The Balaban J connectivity index is 1.38. The predicted molar refractivity (Wildman–Crippen MR) is 96.8 cm³/mol. The van der Waals surface area contributed by atoms with E-state index in [1.807, 2.05) is 30.3 Å². The Bertz CT molecular complexity index is 530. The van der Waals surface area contributed by atoms with Gasteiger partial charge < -0.3 is 14.6 Å². The van der Waals surface area contributed by atoms with E-state index >= 15 is 0 Å². The van der Waals surface area contributed by atoms with Crippen LogP contribution in [0.15, 0.2) is 30.3 Å². The van der Waals surface area contributed by atoms with Gasteiger partial charge in [-0.1, -0.05) is 37.5 Å². The number of fused-ring (bicyclic) bond motifs is 2. The van der Waals surface area contributed by atoms with E-state index < -0.39 is 5.97 Å². The Morgan fingerprint density at radius 3 is 2.40 bits per heavy atom. The summed E-state index contributed by atoms with van der Waals surface area (Å²) in [5.41, 5.74) is 0. The highest BCUT2D eigenvalue weighted by Crippen LogP contribution is 2.47. The lowest BCUT2D eigenvalue weighted by atomic mass is 9.75. The van der Waals surface area contributed by atoms with Crippen LogP contribution in [0, 0.1) is 11.8 Å². The van der Waals surface area contributed by atoms with Crippen LogP contribution in [0.3, 0.4) is 0 Å². The average molecular weight is 346 g/mol. The molecule has 4 nitrogen and oxygen atoms in total. The van der Waals surface area contributed by atoms with E-state index in [9.17, 15) is 4.79 Å². The maximum atomic E-state index is 10.5. The molecule has 2 aliphatic rings. The monoisotopic (exact) mass is 346 g/mol. The Morgan fingerprint density at radius 2 is 1.68 bits per heavy atom. The molecule has 25 heavy (non-hydrogen) atoms. The maximum absolute atomic E-state index is 10.5. The lowest BCUT2D eigenvalue weighted by Gasteiger charge is -2.28. The number of carboxylic acid groups (broad SMARTS) is 1. The van der Waals surface area contributed by atoms with Crippen LogP contribution in [0.4, 0.5) is 0 Å². The van der Waals surface area contributed by atoms with Crippen molar-refractivity contribution in [1.82, 2.24) is 0 Å². The minimum absolute atomic E-state index is 0.302. The second-order valence-corrected chi connectivity index (χ2v) is 7.41. The van der Waals surface area contributed by atoms with Gasteiger partial charge in [0.2, 0.25) is 0 Å². The summed E-state index contributed by atoms with van der Waals surface area (Å²) in [4.78, 5) is 10.5. The molecule has 4 atom stereocenters. The Labute approximate surface area is 150 Å². The lowest BCUT2D eigenvalue weighted by Crippen LogP contribution is -2.28. The van der Waals surface area contributed by atoms with Gasteiger partial charge in [-0.2, -0.15) is 0 Å². The molecule has 2 heterocycles. The quantitative estimate of drug-likeness (QED) is 0.591. The average Bonchev–Trinajstić information content (AvgIpc) is 3.21. The standard InChI is InChI=1S/C21H30O4/c22-21(23)11-7-2-1-6-10-17-18(20-13-12-19(17)25-20)14-15-24-16-8-4-3-5-9-16/h3-5,8-9,17-20H,1-2,6-7,10-15H2,(H,22,23)/t17-,18+,19-,20+/m0/s1. The summed E-state index contributed by atoms with van der Waals surface area (Å²) < 4.78 is 12.1. The summed E-state index contributed by atoms with van der Waals surface area (Å²) in [5.74, 6) is 1.56. The van der Waals surface area contributed by atoms with Crippen LogP contribution in [0.25, 0.3) is 0 Å². The van der Waals surface area contributed by atoms with Crippen LogP contribution >= 0.6 is 0 Å². The third-order valence-corrected chi connectivity index (χ3v) is 5.73. The molecule has 2 saturated heterocycles. The van der Waals surface area contributed by atoms with Crippen molar-refractivity contribution in [1.29, 1.82) is 0 Å². The molecule has 0 unspecified atom stereocenters. The van der Waals surface area contributed by atoms with Gasteiger partial charge in [0.1, 0.15) is 5.75 Å². The number of rotatable bonds is 11. The number of para-hydroxylation sites is 1. The minimum Gasteiger partial charge on any atom is -0.494 e. The molecule has 1 aromatic rings. The molecule has 4 heteroatoms. The van der Waals surface area contributed by atoms with Crippen molar-refractivity contribution >= 4 is 5.97 Å². The fraction of sp³-hybridized carbons (Fsp3) is 0.667. The fourth-order valence-electron chi connectivity index (χ4n) is 4.51. The zero-order valence-corrected chi connectivity index (χ0v) is 14.9. The van der Waals surface area contributed by atoms with Gasteiger partial charge in [0.05, 0.1) is 18.8 Å². The first-order valence-electron chi connectivity index (χ1n) is 9.79. The Morgan fingerprint density at radius 1 is 1.00 bits per heavy atom. The molecule has 0 aromatic heterocycles. The number of unbranched alkanes of at least 4 members (excludes halogenated alkanes) is 3. The van der Waals surface area contributed by atoms with Crippen LogP contribution in [-0.4, -0.2) is 29.9 Å². The molecule has 2 fully saturated rings. The zero-order chi connectivity index (χ0) is 17.5. The van der Waals surface area contributed by atoms with Crippen LogP contribution in [-0.2, 0) is 9.53 Å². The van der Waals surface area contributed by atoms with Crippen LogP contribution < -0.4 is 4.74 Å². The van der Waals surface area contributed by atoms with E-state index in [1.54, 1.807) is 0 Å². The van der Waals surface area contributed by atoms with Crippen molar-refractivity contribution < 1.29 is 19.4 Å². The molecule has 0 radical (unpaired) electrons. The normalized spacial score (nSPS) is 27.5. The van der Waals surface area contributed by atoms with Crippen molar-refractivity contribution in [2.24, 2.45) is 11.8 Å². The second-order valence-electron chi connectivity index (χ2n) is 7.41. The SMILES string of the molecule is O=C(O)CCCCCC[C@H]1[C@@H](CCOc2ccccc2)[C@H]2CC[C@@H]1O2. The van der Waals surface area contributed by atoms with Crippen LogP contribution in [0.1, 0.15) is 57.8 Å². The number of carbonyl (C=O) groups is 1. The number of hydrogen-bond donors (Lipinski definition) is 1. The number of hydrogen-bond acceptors (Lipinski definition) is 3. The first-order chi connectivity index (χ1) is 12.2. The first kappa shape index (κ1) is 18.2. The van der Waals surface area contributed by atoms with Gasteiger partial charge in [-0.3, -0.25) is 4.79 Å². The molecular formula is C21H30O4. The van der Waals surface area contributed by atoms with E-state index in [4.69, 9.17) is 14.6 Å². The highest BCUT2D eigenvalue weighted by atomic mass is 16.5. The van der Waals surface area contributed by atoms with Gasteiger partial charge in [-0.15, -0.1) is 0 Å². The Hall–Kier alpha value is -1.55. The van der Waals surface area contributed by atoms with Crippen molar-refractivity contribution in [3.63, 3.8) is 0 Å². The summed E-state index contributed by atoms with van der Waals surface area (Å²) >= 11 is 0. The molecule has 2 aliphatic heterocycles. The van der Waals surface area contributed by atoms with Gasteiger partial charge in [0.25, 0.3) is 0 Å².